The molecule has 9 nitrogen and oxygen atoms in total. The molecule has 0 bridgehead atoms. The number of nitrogens with one attached hydrogen (secondary N) is 1. The van der Waals surface area contributed by atoms with E-state index in [1.54, 1.807) is 24.3 Å². The lowest BCUT2D eigenvalue weighted by Gasteiger charge is -2.30. The minimum atomic E-state index is -3.59. The van der Waals surface area contributed by atoms with Crippen LogP contribution in [-0.4, -0.2) is 70.7 Å². The summed E-state index contributed by atoms with van der Waals surface area (Å²) in [5.74, 6) is -0.548. The number of amides is 1. The Labute approximate surface area is 200 Å². The third-order valence-corrected chi connectivity index (χ3v) is 9.90. The van der Waals surface area contributed by atoms with Gasteiger partial charge in [-0.25, -0.2) is 21.1 Å². The third-order valence-electron chi connectivity index (χ3n) is 6.14. The van der Waals surface area contributed by atoms with Gasteiger partial charge < -0.3 is 10.1 Å². The van der Waals surface area contributed by atoms with Gasteiger partial charge in [-0.05, 0) is 42.7 Å². The minimum absolute atomic E-state index is 0.0512. The summed E-state index contributed by atoms with van der Waals surface area (Å²) in [5, 5.41) is 2.83. The van der Waals surface area contributed by atoms with E-state index < -0.39 is 20.0 Å². The first-order chi connectivity index (χ1) is 16.3. The number of carbonyl (C=O) groups excluding carboxylic acids is 1. The molecule has 11 heteroatoms. The highest BCUT2D eigenvalue weighted by molar-refractivity contribution is 7.89. The molecule has 184 valence electrons. The highest BCUT2D eigenvalue weighted by atomic mass is 32.2. The minimum Gasteiger partial charge on any atom is -0.379 e. The maximum Gasteiger partial charge on any atom is 0.243 e. The van der Waals surface area contributed by atoms with Crippen LogP contribution in [0.5, 0.6) is 0 Å². The molecule has 4 rings (SSSR count). The molecule has 2 aliphatic rings. The van der Waals surface area contributed by atoms with Crippen LogP contribution in [0.1, 0.15) is 18.4 Å². The predicted molar refractivity (Wildman–Crippen MR) is 128 cm³/mol. The molecule has 0 aromatic heterocycles. The number of piperidine rings is 1. The van der Waals surface area contributed by atoms with Gasteiger partial charge in [0.1, 0.15) is 0 Å². The molecule has 2 heterocycles. The van der Waals surface area contributed by atoms with Gasteiger partial charge in [-0.15, -0.1) is 0 Å². The Morgan fingerprint density at radius 1 is 0.853 bits per heavy atom. The van der Waals surface area contributed by atoms with Crippen LogP contribution in [-0.2, 0) is 35.3 Å². The summed E-state index contributed by atoms with van der Waals surface area (Å²) in [4.78, 5) is 12.9. The van der Waals surface area contributed by atoms with Crippen LogP contribution in [0.4, 0.5) is 5.69 Å². The number of hydrogen-bond acceptors (Lipinski definition) is 6. The molecule has 34 heavy (non-hydrogen) atoms. The molecule has 0 aliphatic carbocycles. The summed E-state index contributed by atoms with van der Waals surface area (Å²) in [6.45, 7) is 1.98. The molecule has 1 N–H and O–H groups in total. The first-order valence-corrected chi connectivity index (χ1v) is 14.3. The van der Waals surface area contributed by atoms with Crippen LogP contribution in [0, 0.1) is 5.92 Å². The summed E-state index contributed by atoms with van der Waals surface area (Å²) in [7, 11) is -7.03. The van der Waals surface area contributed by atoms with Crippen molar-refractivity contribution in [3.8, 4) is 0 Å². The van der Waals surface area contributed by atoms with Crippen LogP contribution in [0.25, 0.3) is 0 Å². The highest BCUT2D eigenvalue weighted by Gasteiger charge is 2.31. The monoisotopic (exact) mass is 507 g/mol. The van der Waals surface area contributed by atoms with Gasteiger partial charge >= 0.3 is 0 Å². The Kier molecular flexibility index (Phi) is 7.68. The number of ether oxygens (including phenoxy) is 1. The number of anilines is 1. The fourth-order valence-electron chi connectivity index (χ4n) is 4.16. The van der Waals surface area contributed by atoms with Gasteiger partial charge in [0.15, 0.2) is 0 Å². The first kappa shape index (κ1) is 24.8. The summed E-state index contributed by atoms with van der Waals surface area (Å²) in [6.07, 6.45) is 0.868. The molecular weight excluding hydrogens is 478 g/mol. The molecule has 0 saturated carbocycles. The lowest BCUT2D eigenvalue weighted by molar-refractivity contribution is -0.120. The molecule has 0 spiro atoms. The molecule has 1 amide bonds. The van der Waals surface area contributed by atoms with Crippen LogP contribution < -0.4 is 5.32 Å². The normalized spacial score (nSPS) is 19.1. The SMILES string of the molecule is O=C(Nc1ccc(S(=O)(=O)N2CCOCC2)cc1)C1CCN(S(=O)(=O)Cc2ccccc2)CC1. The lowest BCUT2D eigenvalue weighted by atomic mass is 9.97. The van der Waals surface area contributed by atoms with Crippen molar-refractivity contribution in [2.45, 2.75) is 23.5 Å². The van der Waals surface area contributed by atoms with Crippen molar-refractivity contribution in [3.05, 3.63) is 60.2 Å². The van der Waals surface area contributed by atoms with Crippen molar-refractivity contribution < 1.29 is 26.4 Å². The second-order valence-corrected chi connectivity index (χ2v) is 12.4. The van der Waals surface area contributed by atoms with E-state index in [-0.39, 0.29) is 22.5 Å². The molecule has 0 atom stereocenters. The van der Waals surface area contributed by atoms with Gasteiger partial charge in [0.05, 0.1) is 23.9 Å². The number of benzene rings is 2. The van der Waals surface area contributed by atoms with Crippen LogP contribution in [0.3, 0.4) is 0 Å². The molecule has 2 saturated heterocycles. The Morgan fingerprint density at radius 3 is 2.09 bits per heavy atom. The van der Waals surface area contributed by atoms with Crippen LogP contribution in [0.2, 0.25) is 0 Å². The summed E-state index contributed by atoms with van der Waals surface area (Å²) in [6, 6.07) is 15.2. The molecule has 2 fully saturated rings. The van der Waals surface area contributed by atoms with E-state index in [4.69, 9.17) is 4.74 Å². The van der Waals surface area contributed by atoms with Crippen LogP contribution >= 0.6 is 0 Å². The summed E-state index contributed by atoms with van der Waals surface area (Å²) < 4.78 is 58.9. The molecule has 0 unspecified atom stereocenters. The Balaban J connectivity index is 1.31. The lowest BCUT2D eigenvalue weighted by Crippen LogP contribution is -2.41. The zero-order chi connectivity index (χ0) is 24.2. The topological polar surface area (TPSA) is 113 Å². The van der Waals surface area contributed by atoms with Crippen molar-refractivity contribution >= 4 is 31.6 Å². The number of morpholine rings is 1. The van der Waals surface area contributed by atoms with Gasteiger partial charge in [-0.3, -0.25) is 4.79 Å². The quantitative estimate of drug-likeness (QED) is 0.612. The molecule has 2 aromatic rings. The standard InChI is InChI=1S/C23H29N3O6S2/c27-23(20-10-12-25(13-11-20)33(28,29)18-19-4-2-1-3-5-19)24-21-6-8-22(9-7-21)34(30,31)26-14-16-32-17-15-26/h1-9,20H,10-18H2,(H,24,27). The second-order valence-electron chi connectivity index (χ2n) is 8.45. The van der Waals surface area contributed by atoms with Gasteiger partial charge in [-0.2, -0.15) is 4.31 Å². The maximum atomic E-state index is 12.7. The van der Waals surface area contributed by atoms with E-state index in [1.165, 1.54) is 20.7 Å². The summed E-state index contributed by atoms with van der Waals surface area (Å²) >= 11 is 0. The highest BCUT2D eigenvalue weighted by Crippen LogP contribution is 2.24. The van der Waals surface area contributed by atoms with Gasteiger partial charge in [0.25, 0.3) is 0 Å². The average Bonchev–Trinajstić information content (AvgIpc) is 2.85. The fourth-order valence-corrected chi connectivity index (χ4v) is 7.13. The largest absolute Gasteiger partial charge is 0.379 e. The first-order valence-electron chi connectivity index (χ1n) is 11.3. The van der Waals surface area contributed by atoms with E-state index in [2.05, 4.69) is 5.32 Å². The van der Waals surface area contributed by atoms with Crippen molar-refractivity contribution in [3.63, 3.8) is 0 Å². The third kappa shape index (κ3) is 5.84. The molecular formula is C23H29N3O6S2. The average molecular weight is 508 g/mol. The Hall–Kier alpha value is -2.31. The van der Waals surface area contributed by atoms with Crippen LogP contribution in [0.15, 0.2) is 59.5 Å². The Morgan fingerprint density at radius 2 is 1.47 bits per heavy atom. The van der Waals surface area contributed by atoms with Gasteiger partial charge in [0, 0.05) is 37.8 Å². The predicted octanol–water partition coefficient (Wildman–Crippen LogP) is 1.89. The van der Waals surface area contributed by atoms with E-state index in [0.29, 0.717) is 57.9 Å². The van der Waals surface area contributed by atoms with Crippen molar-refractivity contribution in [1.29, 1.82) is 0 Å². The fraction of sp³-hybridized carbons (Fsp3) is 0.435. The number of rotatable bonds is 7. The van der Waals surface area contributed by atoms with Gasteiger partial charge in [0.2, 0.25) is 26.0 Å². The molecule has 2 aromatic carbocycles. The number of sulfonamides is 2. The van der Waals surface area contributed by atoms with Crippen molar-refractivity contribution in [2.75, 3.05) is 44.7 Å². The number of hydrogen-bond donors (Lipinski definition) is 1. The smallest absolute Gasteiger partial charge is 0.243 e. The molecule has 2 aliphatic heterocycles. The van der Waals surface area contributed by atoms with E-state index in [9.17, 15) is 21.6 Å². The molecule has 0 radical (unpaired) electrons. The number of carbonyl (C=O) groups is 1. The zero-order valence-electron chi connectivity index (χ0n) is 18.8. The van der Waals surface area contributed by atoms with E-state index in [0.717, 1.165) is 5.56 Å². The Bertz CT molecular complexity index is 1190. The van der Waals surface area contributed by atoms with Crippen molar-refractivity contribution in [1.82, 2.24) is 8.61 Å². The summed E-state index contributed by atoms with van der Waals surface area (Å²) in [5.41, 5.74) is 1.24. The van der Waals surface area contributed by atoms with Crippen molar-refractivity contribution in [2.24, 2.45) is 5.92 Å². The van der Waals surface area contributed by atoms with E-state index >= 15 is 0 Å². The zero-order valence-corrected chi connectivity index (χ0v) is 20.4. The maximum absolute atomic E-state index is 12.7. The van der Waals surface area contributed by atoms with E-state index in [1.807, 2.05) is 18.2 Å². The van der Waals surface area contributed by atoms with Gasteiger partial charge in [-0.1, -0.05) is 30.3 Å². The number of nitrogens with zero attached hydrogens (tertiary/aromatic N) is 2. The second kappa shape index (κ2) is 10.5.